The first kappa shape index (κ1) is 20.4. The molecule has 1 heterocycles. The lowest BCUT2D eigenvalue weighted by atomic mass is 9.99. The van der Waals surface area contributed by atoms with Gasteiger partial charge in [0.25, 0.3) is 0 Å². The Kier molecular flexibility index (Phi) is 7.59. The fourth-order valence-corrected chi connectivity index (χ4v) is 2.87. The number of carbonyl (C=O) groups is 2. The van der Waals surface area contributed by atoms with Crippen LogP contribution in [0, 0.1) is 5.92 Å². The maximum atomic E-state index is 12.8. The molecule has 142 valence electrons. The largest absolute Gasteiger partial charge is 0.444 e. The number of ether oxygens (including phenoxy) is 1. The molecular formula is C18H24BrN3O4. The van der Waals surface area contributed by atoms with Crippen molar-refractivity contribution >= 4 is 32.6 Å². The molecule has 1 aromatic carbocycles. The van der Waals surface area contributed by atoms with Crippen LogP contribution in [0.2, 0.25) is 0 Å². The number of hydrogen-bond acceptors (Lipinski definition) is 6. The third kappa shape index (κ3) is 5.54. The zero-order valence-electron chi connectivity index (χ0n) is 14.9. The van der Waals surface area contributed by atoms with Gasteiger partial charge in [-0.25, -0.2) is 9.69 Å². The Labute approximate surface area is 161 Å². The van der Waals surface area contributed by atoms with E-state index in [9.17, 15) is 9.59 Å². The highest BCUT2D eigenvalue weighted by molar-refractivity contribution is 9.18. The third-order valence-electron chi connectivity index (χ3n) is 4.32. The van der Waals surface area contributed by atoms with Crippen molar-refractivity contribution in [3.8, 4) is 0 Å². The number of carbonyl (C=O) groups excluding carboxylic acids is 2. The summed E-state index contributed by atoms with van der Waals surface area (Å²) in [6.45, 7) is 3.94. The molecule has 2 N–H and O–H groups in total. The topological polar surface area (TPSA) is 94.2 Å². The van der Waals surface area contributed by atoms with Gasteiger partial charge in [0.1, 0.15) is 11.2 Å². The Morgan fingerprint density at radius 1 is 1.42 bits per heavy atom. The van der Waals surface area contributed by atoms with E-state index in [1.165, 1.54) is 0 Å². The van der Waals surface area contributed by atoms with Crippen LogP contribution in [-0.4, -0.2) is 40.2 Å². The van der Waals surface area contributed by atoms with Crippen molar-refractivity contribution in [3.63, 3.8) is 0 Å². The standard InChI is InChI=1S/C18H24BrN3O4/c1-3-12(2)16(20)17(23)22(10-14-9-15(19)21-26-14)18(24)25-11-13-7-5-4-6-8-13/h4-8,12,14,16H,3,9-11,20H2,1-2H3/t12-,14?,16-/m0/s1. The van der Waals surface area contributed by atoms with Crippen molar-refractivity contribution < 1.29 is 19.2 Å². The third-order valence-corrected chi connectivity index (χ3v) is 4.79. The quantitative estimate of drug-likeness (QED) is 0.724. The smallest absolute Gasteiger partial charge is 0.417 e. The molecule has 7 nitrogen and oxygen atoms in total. The van der Waals surface area contributed by atoms with Crippen molar-refractivity contribution in [1.82, 2.24) is 4.90 Å². The van der Waals surface area contributed by atoms with E-state index in [4.69, 9.17) is 15.3 Å². The fourth-order valence-electron chi connectivity index (χ4n) is 2.42. The van der Waals surface area contributed by atoms with Gasteiger partial charge in [0.15, 0.2) is 6.10 Å². The molecule has 1 aromatic rings. The van der Waals surface area contributed by atoms with Gasteiger partial charge in [-0.1, -0.05) is 55.8 Å². The second kappa shape index (κ2) is 9.68. The molecular weight excluding hydrogens is 402 g/mol. The van der Waals surface area contributed by atoms with Gasteiger partial charge in [0, 0.05) is 6.42 Å². The van der Waals surface area contributed by atoms with Gasteiger partial charge in [0.05, 0.1) is 12.6 Å². The van der Waals surface area contributed by atoms with E-state index in [0.29, 0.717) is 11.0 Å². The van der Waals surface area contributed by atoms with Crippen LogP contribution in [0.15, 0.2) is 35.5 Å². The lowest BCUT2D eigenvalue weighted by Crippen LogP contribution is -2.51. The zero-order valence-corrected chi connectivity index (χ0v) is 16.5. The van der Waals surface area contributed by atoms with Crippen molar-refractivity contribution in [1.29, 1.82) is 0 Å². The second-order valence-electron chi connectivity index (χ2n) is 6.30. The van der Waals surface area contributed by atoms with Crippen LogP contribution < -0.4 is 5.73 Å². The summed E-state index contributed by atoms with van der Waals surface area (Å²) in [5.41, 5.74) is 6.88. The second-order valence-corrected chi connectivity index (χ2v) is 7.21. The number of amides is 2. The summed E-state index contributed by atoms with van der Waals surface area (Å²) in [5, 5.41) is 3.79. The molecule has 0 bridgehead atoms. The average molecular weight is 426 g/mol. The van der Waals surface area contributed by atoms with Gasteiger partial charge in [0.2, 0.25) is 5.91 Å². The van der Waals surface area contributed by atoms with Gasteiger partial charge in [-0.15, -0.1) is 0 Å². The number of rotatable bonds is 7. The van der Waals surface area contributed by atoms with E-state index < -0.39 is 24.1 Å². The van der Waals surface area contributed by atoms with E-state index in [2.05, 4.69) is 21.1 Å². The first-order valence-corrected chi connectivity index (χ1v) is 9.37. The first-order valence-electron chi connectivity index (χ1n) is 8.58. The Morgan fingerprint density at radius 2 is 2.12 bits per heavy atom. The summed E-state index contributed by atoms with van der Waals surface area (Å²) in [7, 11) is 0. The number of nitrogens with zero attached hydrogens (tertiary/aromatic N) is 2. The van der Waals surface area contributed by atoms with E-state index in [1.807, 2.05) is 44.2 Å². The molecule has 2 rings (SSSR count). The van der Waals surface area contributed by atoms with E-state index in [0.717, 1.165) is 16.9 Å². The first-order chi connectivity index (χ1) is 12.4. The van der Waals surface area contributed by atoms with Crippen LogP contribution in [0.25, 0.3) is 0 Å². The molecule has 0 radical (unpaired) electrons. The molecule has 3 atom stereocenters. The zero-order chi connectivity index (χ0) is 19.1. The van der Waals surface area contributed by atoms with Crippen LogP contribution in [0.4, 0.5) is 4.79 Å². The number of benzene rings is 1. The minimum Gasteiger partial charge on any atom is -0.444 e. The number of imide groups is 1. The molecule has 0 aromatic heterocycles. The van der Waals surface area contributed by atoms with E-state index in [-0.39, 0.29) is 19.1 Å². The number of halogens is 1. The summed E-state index contributed by atoms with van der Waals surface area (Å²) < 4.78 is 5.96. The minimum atomic E-state index is -0.782. The molecule has 1 aliphatic rings. The van der Waals surface area contributed by atoms with Gasteiger partial charge >= 0.3 is 6.09 Å². The van der Waals surface area contributed by atoms with Crippen LogP contribution in [0.5, 0.6) is 0 Å². The number of nitrogens with two attached hydrogens (primary N) is 1. The molecule has 1 unspecified atom stereocenters. The molecule has 2 amide bonds. The highest BCUT2D eigenvalue weighted by Crippen LogP contribution is 2.18. The van der Waals surface area contributed by atoms with Crippen molar-refractivity contribution in [3.05, 3.63) is 35.9 Å². The molecule has 0 spiro atoms. The predicted octanol–water partition coefficient (Wildman–Crippen LogP) is 3.02. The summed E-state index contributed by atoms with van der Waals surface area (Å²) in [6.07, 6.45) is 0.0638. The highest BCUT2D eigenvalue weighted by atomic mass is 79.9. The SMILES string of the molecule is CC[C@H](C)[C@H](N)C(=O)N(CC1CC(Br)=NO1)C(=O)OCc1ccccc1. The Balaban J connectivity index is 2.05. The fraction of sp³-hybridized carbons (Fsp3) is 0.500. The Bertz CT molecular complexity index is 653. The molecule has 0 saturated carbocycles. The van der Waals surface area contributed by atoms with Crippen LogP contribution >= 0.6 is 15.9 Å². The molecule has 0 saturated heterocycles. The summed E-state index contributed by atoms with van der Waals surface area (Å²) >= 11 is 3.25. The lowest BCUT2D eigenvalue weighted by Gasteiger charge is -2.27. The van der Waals surface area contributed by atoms with Gasteiger partial charge in [-0.05, 0) is 27.4 Å². The van der Waals surface area contributed by atoms with Crippen LogP contribution in [-0.2, 0) is 21.0 Å². The molecule has 0 fully saturated rings. The number of hydrogen-bond donors (Lipinski definition) is 1. The van der Waals surface area contributed by atoms with E-state index >= 15 is 0 Å². The molecule has 8 heteroatoms. The van der Waals surface area contributed by atoms with Crippen LogP contribution in [0.3, 0.4) is 0 Å². The monoisotopic (exact) mass is 425 g/mol. The maximum absolute atomic E-state index is 12.8. The summed E-state index contributed by atoms with van der Waals surface area (Å²) in [4.78, 5) is 31.6. The molecule has 0 aliphatic carbocycles. The van der Waals surface area contributed by atoms with Gasteiger partial charge in [-0.2, -0.15) is 0 Å². The summed E-state index contributed by atoms with van der Waals surface area (Å²) in [6, 6.07) is 8.49. The van der Waals surface area contributed by atoms with E-state index in [1.54, 1.807) is 0 Å². The summed E-state index contributed by atoms with van der Waals surface area (Å²) in [5.74, 6) is -0.525. The normalized spacial score (nSPS) is 18.5. The lowest BCUT2D eigenvalue weighted by molar-refractivity contribution is -0.133. The maximum Gasteiger partial charge on any atom is 0.417 e. The number of oxime groups is 1. The van der Waals surface area contributed by atoms with Gasteiger partial charge in [-0.3, -0.25) is 4.79 Å². The minimum absolute atomic E-state index is 0.0369. The van der Waals surface area contributed by atoms with Gasteiger partial charge < -0.3 is 15.3 Å². The highest BCUT2D eigenvalue weighted by Gasteiger charge is 2.34. The van der Waals surface area contributed by atoms with Crippen molar-refractivity contribution in [2.75, 3.05) is 6.54 Å². The van der Waals surface area contributed by atoms with Crippen molar-refractivity contribution in [2.45, 2.75) is 45.4 Å². The van der Waals surface area contributed by atoms with Crippen LogP contribution in [0.1, 0.15) is 32.3 Å². The average Bonchev–Trinajstić information content (AvgIpc) is 3.08. The Morgan fingerprint density at radius 3 is 2.69 bits per heavy atom. The predicted molar refractivity (Wildman–Crippen MR) is 102 cm³/mol. The Hall–Kier alpha value is -1.93. The molecule has 26 heavy (non-hydrogen) atoms. The van der Waals surface area contributed by atoms with Crippen molar-refractivity contribution in [2.24, 2.45) is 16.8 Å². The molecule has 1 aliphatic heterocycles.